The number of ether oxygens (including phenoxy) is 1. The largest absolute Gasteiger partial charge is 0.444 e. The molecule has 0 spiro atoms. The van der Waals surface area contributed by atoms with Crippen molar-refractivity contribution in [1.82, 2.24) is 14.8 Å². The van der Waals surface area contributed by atoms with Gasteiger partial charge in [0.1, 0.15) is 5.76 Å². The van der Waals surface area contributed by atoms with Gasteiger partial charge in [0.05, 0.1) is 32.6 Å². The molecule has 0 amide bonds. The Hall–Kier alpha value is -0.950. The van der Waals surface area contributed by atoms with Crippen molar-refractivity contribution in [2.45, 2.75) is 32.7 Å². The standard InChI is InChI=1S/C16H29N3O3/c1-16(2,3)14-12-17-15(22-14)13-19(6-9-20)5-4-18-7-10-21-11-8-18/h12,20H,4-11,13H2,1-3H3. The summed E-state index contributed by atoms with van der Waals surface area (Å²) in [6.07, 6.45) is 1.81. The van der Waals surface area contributed by atoms with Gasteiger partial charge in [-0.2, -0.15) is 0 Å². The van der Waals surface area contributed by atoms with Gasteiger partial charge in [0.15, 0.2) is 0 Å². The van der Waals surface area contributed by atoms with E-state index >= 15 is 0 Å². The van der Waals surface area contributed by atoms with Crippen molar-refractivity contribution < 1.29 is 14.3 Å². The van der Waals surface area contributed by atoms with Gasteiger partial charge in [-0.05, 0) is 0 Å². The molecule has 1 fully saturated rings. The Balaban J connectivity index is 1.86. The lowest BCUT2D eigenvalue weighted by Crippen LogP contribution is -2.41. The number of aliphatic hydroxyl groups is 1. The zero-order chi connectivity index (χ0) is 16.0. The van der Waals surface area contributed by atoms with Gasteiger partial charge in [-0.3, -0.25) is 9.80 Å². The molecule has 126 valence electrons. The molecule has 0 saturated carbocycles. The zero-order valence-electron chi connectivity index (χ0n) is 14.0. The summed E-state index contributed by atoms with van der Waals surface area (Å²) >= 11 is 0. The molecule has 0 unspecified atom stereocenters. The number of nitrogens with zero attached hydrogens (tertiary/aromatic N) is 3. The minimum absolute atomic E-state index is 0.0269. The van der Waals surface area contributed by atoms with E-state index < -0.39 is 0 Å². The summed E-state index contributed by atoms with van der Waals surface area (Å²) in [6.45, 7) is 13.2. The van der Waals surface area contributed by atoms with E-state index in [4.69, 9.17) is 9.15 Å². The Morgan fingerprint density at radius 3 is 2.59 bits per heavy atom. The highest BCUT2D eigenvalue weighted by molar-refractivity contribution is 5.05. The maximum atomic E-state index is 9.26. The fraction of sp³-hybridized carbons (Fsp3) is 0.812. The number of rotatable bonds is 7. The summed E-state index contributed by atoms with van der Waals surface area (Å²) in [6, 6.07) is 0. The second-order valence-electron chi connectivity index (χ2n) is 6.82. The average Bonchev–Trinajstić information content (AvgIpc) is 2.95. The van der Waals surface area contributed by atoms with Crippen molar-refractivity contribution in [3.63, 3.8) is 0 Å². The van der Waals surface area contributed by atoms with Gasteiger partial charge in [0, 0.05) is 38.1 Å². The van der Waals surface area contributed by atoms with E-state index in [1.807, 2.05) is 6.20 Å². The molecule has 1 aliphatic heterocycles. The average molecular weight is 311 g/mol. The topological polar surface area (TPSA) is 62.0 Å². The Labute approximate surface area is 133 Å². The second kappa shape index (κ2) is 8.06. The van der Waals surface area contributed by atoms with Crippen LogP contribution in [0.4, 0.5) is 0 Å². The number of aliphatic hydroxyl groups excluding tert-OH is 1. The van der Waals surface area contributed by atoms with Gasteiger partial charge < -0.3 is 14.3 Å². The SMILES string of the molecule is CC(C)(C)c1cnc(CN(CCO)CCN2CCOCC2)o1. The molecule has 0 atom stereocenters. The van der Waals surface area contributed by atoms with E-state index in [1.54, 1.807) is 0 Å². The fourth-order valence-electron chi connectivity index (χ4n) is 2.44. The van der Waals surface area contributed by atoms with Crippen molar-refractivity contribution in [3.8, 4) is 0 Å². The molecule has 2 rings (SSSR count). The maximum Gasteiger partial charge on any atom is 0.208 e. The van der Waals surface area contributed by atoms with Crippen molar-refractivity contribution in [2.75, 3.05) is 52.5 Å². The molecule has 0 radical (unpaired) electrons. The summed E-state index contributed by atoms with van der Waals surface area (Å²) < 4.78 is 11.2. The number of hydrogen-bond acceptors (Lipinski definition) is 6. The first kappa shape index (κ1) is 17.4. The number of hydrogen-bond donors (Lipinski definition) is 1. The smallest absolute Gasteiger partial charge is 0.208 e. The van der Waals surface area contributed by atoms with Gasteiger partial charge in [-0.25, -0.2) is 4.98 Å². The van der Waals surface area contributed by atoms with Crippen LogP contribution in [0.25, 0.3) is 0 Å². The minimum atomic E-state index is -0.0269. The summed E-state index contributed by atoms with van der Waals surface area (Å²) in [7, 11) is 0. The van der Waals surface area contributed by atoms with E-state index in [0.29, 0.717) is 13.1 Å². The van der Waals surface area contributed by atoms with Crippen LogP contribution < -0.4 is 0 Å². The first-order valence-electron chi connectivity index (χ1n) is 8.07. The molecule has 2 heterocycles. The minimum Gasteiger partial charge on any atom is -0.444 e. The van der Waals surface area contributed by atoms with Crippen molar-refractivity contribution in [1.29, 1.82) is 0 Å². The van der Waals surface area contributed by atoms with Crippen LogP contribution in [0, 0.1) is 0 Å². The van der Waals surface area contributed by atoms with Crippen LogP contribution in [0.15, 0.2) is 10.6 Å². The van der Waals surface area contributed by atoms with Gasteiger partial charge in [0.2, 0.25) is 5.89 Å². The maximum absolute atomic E-state index is 9.26. The Morgan fingerprint density at radius 1 is 1.27 bits per heavy atom. The third-order valence-corrected chi connectivity index (χ3v) is 3.90. The predicted molar refractivity (Wildman–Crippen MR) is 84.8 cm³/mol. The normalized spacial score (nSPS) is 17.3. The lowest BCUT2D eigenvalue weighted by molar-refractivity contribution is 0.0315. The van der Waals surface area contributed by atoms with Crippen LogP contribution in [0.3, 0.4) is 0 Å². The molecule has 6 nitrogen and oxygen atoms in total. The van der Waals surface area contributed by atoms with E-state index in [-0.39, 0.29) is 12.0 Å². The van der Waals surface area contributed by atoms with Gasteiger partial charge in [0.25, 0.3) is 0 Å². The third kappa shape index (κ3) is 5.35. The molecule has 1 N–H and O–H groups in total. The quantitative estimate of drug-likeness (QED) is 0.813. The predicted octanol–water partition coefficient (Wildman–Crippen LogP) is 1.10. The van der Waals surface area contributed by atoms with Gasteiger partial charge >= 0.3 is 0 Å². The van der Waals surface area contributed by atoms with E-state index in [9.17, 15) is 5.11 Å². The Kier molecular flexibility index (Phi) is 6.37. The third-order valence-electron chi connectivity index (χ3n) is 3.90. The van der Waals surface area contributed by atoms with Crippen molar-refractivity contribution in [3.05, 3.63) is 17.8 Å². The van der Waals surface area contributed by atoms with Crippen molar-refractivity contribution in [2.24, 2.45) is 0 Å². The molecule has 6 heteroatoms. The van der Waals surface area contributed by atoms with E-state index in [2.05, 4.69) is 35.6 Å². The first-order valence-corrected chi connectivity index (χ1v) is 8.07. The van der Waals surface area contributed by atoms with Crippen LogP contribution in [-0.4, -0.2) is 72.4 Å². The van der Waals surface area contributed by atoms with Crippen LogP contribution in [0.5, 0.6) is 0 Å². The molecular weight excluding hydrogens is 282 g/mol. The summed E-state index contributed by atoms with van der Waals surface area (Å²) in [5, 5.41) is 9.26. The lowest BCUT2D eigenvalue weighted by Gasteiger charge is -2.29. The highest BCUT2D eigenvalue weighted by atomic mass is 16.5. The van der Waals surface area contributed by atoms with Crippen LogP contribution in [-0.2, 0) is 16.7 Å². The van der Waals surface area contributed by atoms with Crippen LogP contribution in [0.2, 0.25) is 0 Å². The molecule has 0 aromatic carbocycles. The van der Waals surface area contributed by atoms with E-state index in [0.717, 1.165) is 51.0 Å². The number of aromatic nitrogens is 1. The monoisotopic (exact) mass is 311 g/mol. The first-order chi connectivity index (χ1) is 10.5. The summed E-state index contributed by atoms with van der Waals surface area (Å²) in [5.41, 5.74) is -0.0269. The number of oxazole rings is 1. The molecule has 0 bridgehead atoms. The second-order valence-corrected chi connectivity index (χ2v) is 6.82. The Bertz CT molecular complexity index is 436. The number of morpholine rings is 1. The van der Waals surface area contributed by atoms with Gasteiger partial charge in [-0.1, -0.05) is 20.8 Å². The molecular formula is C16H29N3O3. The van der Waals surface area contributed by atoms with Crippen molar-refractivity contribution >= 4 is 0 Å². The van der Waals surface area contributed by atoms with Crippen LogP contribution in [0.1, 0.15) is 32.4 Å². The van der Waals surface area contributed by atoms with Gasteiger partial charge in [-0.15, -0.1) is 0 Å². The Morgan fingerprint density at radius 2 is 2.00 bits per heavy atom. The highest BCUT2D eigenvalue weighted by Gasteiger charge is 2.20. The zero-order valence-corrected chi connectivity index (χ0v) is 14.0. The molecule has 22 heavy (non-hydrogen) atoms. The molecule has 1 saturated heterocycles. The lowest BCUT2D eigenvalue weighted by atomic mass is 9.94. The summed E-state index contributed by atoms with van der Waals surface area (Å²) in [4.78, 5) is 8.96. The van der Waals surface area contributed by atoms with Crippen LogP contribution >= 0.6 is 0 Å². The fourth-order valence-corrected chi connectivity index (χ4v) is 2.44. The molecule has 1 aromatic heterocycles. The van der Waals surface area contributed by atoms with E-state index in [1.165, 1.54) is 0 Å². The highest BCUT2D eigenvalue weighted by Crippen LogP contribution is 2.23. The molecule has 1 aliphatic rings. The molecule has 0 aliphatic carbocycles. The molecule has 1 aromatic rings. The summed E-state index contributed by atoms with van der Waals surface area (Å²) in [5.74, 6) is 1.62.